The summed E-state index contributed by atoms with van der Waals surface area (Å²) >= 11 is 1.08. The lowest BCUT2D eigenvalue weighted by atomic mass is 10.0. The Bertz CT molecular complexity index is 817. The zero-order valence-electron chi connectivity index (χ0n) is 14.7. The molecule has 0 spiro atoms. The number of rotatable bonds is 7. The molecule has 0 bridgehead atoms. The molecule has 2 rings (SSSR count). The molecule has 1 unspecified atom stereocenters. The van der Waals surface area contributed by atoms with Crippen LogP contribution in [0.2, 0.25) is 0 Å². The standard InChI is InChI=1S/C18H20FNO5S/c1-10(2)7-13(17(22)24-3)20-16(21)9-25-18(23)15-8-11-12(19)5-4-6-14(11)26-15/h4-6,8,10,13H,7,9H2,1-3H3,(H,20,21). The van der Waals surface area contributed by atoms with E-state index in [-0.39, 0.29) is 10.8 Å². The number of methoxy groups -OCH3 is 1. The quantitative estimate of drug-likeness (QED) is 0.746. The summed E-state index contributed by atoms with van der Waals surface area (Å²) in [6.07, 6.45) is 0.405. The normalized spacial score (nSPS) is 12.0. The van der Waals surface area contributed by atoms with E-state index < -0.39 is 36.3 Å². The van der Waals surface area contributed by atoms with Crippen molar-refractivity contribution in [3.05, 3.63) is 35.0 Å². The second-order valence-electron chi connectivity index (χ2n) is 6.11. The van der Waals surface area contributed by atoms with Crippen LogP contribution >= 0.6 is 11.3 Å². The molecule has 1 aromatic heterocycles. The number of thiophene rings is 1. The van der Waals surface area contributed by atoms with E-state index >= 15 is 0 Å². The number of hydrogen-bond donors (Lipinski definition) is 1. The molecule has 0 saturated heterocycles. The highest BCUT2D eigenvalue weighted by Crippen LogP contribution is 2.28. The monoisotopic (exact) mass is 381 g/mol. The summed E-state index contributed by atoms with van der Waals surface area (Å²) in [5, 5.41) is 2.82. The largest absolute Gasteiger partial charge is 0.467 e. The van der Waals surface area contributed by atoms with E-state index in [9.17, 15) is 18.8 Å². The molecular weight excluding hydrogens is 361 g/mol. The summed E-state index contributed by atoms with van der Waals surface area (Å²) in [6, 6.07) is 5.15. The number of ether oxygens (including phenoxy) is 2. The van der Waals surface area contributed by atoms with Crippen LogP contribution in [0.4, 0.5) is 4.39 Å². The van der Waals surface area contributed by atoms with Gasteiger partial charge in [0.15, 0.2) is 6.61 Å². The Hall–Kier alpha value is -2.48. The average molecular weight is 381 g/mol. The van der Waals surface area contributed by atoms with Crippen LogP contribution in [0.15, 0.2) is 24.3 Å². The second-order valence-corrected chi connectivity index (χ2v) is 7.20. The molecule has 140 valence electrons. The third kappa shape index (κ3) is 5.01. The van der Waals surface area contributed by atoms with Gasteiger partial charge in [0.25, 0.3) is 5.91 Å². The fraction of sp³-hybridized carbons (Fsp3) is 0.389. The third-order valence-corrected chi connectivity index (χ3v) is 4.65. The molecule has 26 heavy (non-hydrogen) atoms. The average Bonchev–Trinajstić information content (AvgIpc) is 3.03. The van der Waals surface area contributed by atoms with Gasteiger partial charge in [-0.3, -0.25) is 4.79 Å². The number of benzene rings is 1. The number of amides is 1. The molecule has 1 N–H and O–H groups in total. The fourth-order valence-electron chi connectivity index (χ4n) is 2.39. The third-order valence-electron chi connectivity index (χ3n) is 3.57. The summed E-state index contributed by atoms with van der Waals surface area (Å²) in [5.41, 5.74) is 0. The van der Waals surface area contributed by atoms with Crippen molar-refractivity contribution in [1.29, 1.82) is 0 Å². The molecule has 6 nitrogen and oxygen atoms in total. The summed E-state index contributed by atoms with van der Waals surface area (Å²) in [5.74, 6) is -2.15. The van der Waals surface area contributed by atoms with E-state index in [1.165, 1.54) is 19.2 Å². The van der Waals surface area contributed by atoms with E-state index in [0.29, 0.717) is 16.5 Å². The van der Waals surface area contributed by atoms with Crippen molar-refractivity contribution < 1.29 is 28.2 Å². The van der Waals surface area contributed by atoms with Crippen molar-refractivity contribution in [2.24, 2.45) is 5.92 Å². The number of carbonyl (C=O) groups is 3. The number of nitrogens with one attached hydrogen (secondary N) is 1. The van der Waals surface area contributed by atoms with Gasteiger partial charge in [-0.25, -0.2) is 14.0 Å². The zero-order valence-corrected chi connectivity index (χ0v) is 15.5. The van der Waals surface area contributed by atoms with Crippen molar-refractivity contribution >= 4 is 39.3 Å². The minimum atomic E-state index is -0.801. The molecule has 2 aromatic rings. The minimum absolute atomic E-state index is 0.162. The Labute approximate surface area is 154 Å². The van der Waals surface area contributed by atoms with Gasteiger partial charge < -0.3 is 14.8 Å². The maximum absolute atomic E-state index is 13.7. The highest BCUT2D eigenvalue weighted by atomic mass is 32.1. The number of carbonyl (C=O) groups excluding carboxylic acids is 3. The lowest BCUT2D eigenvalue weighted by Gasteiger charge is -2.18. The Balaban J connectivity index is 1.95. The summed E-state index contributed by atoms with van der Waals surface area (Å²) < 4.78 is 23.9. The Kier molecular flexibility index (Phi) is 6.68. The predicted molar refractivity (Wildman–Crippen MR) is 95.5 cm³/mol. The molecule has 0 radical (unpaired) electrons. The van der Waals surface area contributed by atoms with E-state index in [2.05, 4.69) is 10.1 Å². The molecule has 1 amide bonds. The van der Waals surface area contributed by atoms with Crippen LogP contribution in [0.25, 0.3) is 10.1 Å². The molecule has 0 fully saturated rings. The van der Waals surface area contributed by atoms with E-state index in [0.717, 1.165) is 11.3 Å². The van der Waals surface area contributed by atoms with Gasteiger partial charge in [-0.2, -0.15) is 0 Å². The molecule has 0 aliphatic carbocycles. The molecule has 8 heteroatoms. The molecule has 1 aromatic carbocycles. The van der Waals surface area contributed by atoms with E-state index in [1.54, 1.807) is 12.1 Å². The number of esters is 2. The Morgan fingerprint density at radius 2 is 2.00 bits per heavy atom. The fourth-order valence-corrected chi connectivity index (χ4v) is 3.36. The van der Waals surface area contributed by atoms with E-state index in [1.807, 2.05) is 13.8 Å². The van der Waals surface area contributed by atoms with Crippen LogP contribution in [0.5, 0.6) is 0 Å². The first kappa shape index (κ1) is 19.8. The molecule has 1 atom stereocenters. The van der Waals surface area contributed by atoms with Gasteiger partial charge in [-0.15, -0.1) is 11.3 Å². The van der Waals surface area contributed by atoms with Crippen molar-refractivity contribution in [3.8, 4) is 0 Å². The van der Waals surface area contributed by atoms with Gasteiger partial charge in [0, 0.05) is 10.1 Å². The topological polar surface area (TPSA) is 81.7 Å². The Morgan fingerprint density at radius 3 is 2.62 bits per heavy atom. The van der Waals surface area contributed by atoms with Gasteiger partial charge in [0.2, 0.25) is 0 Å². The second kappa shape index (κ2) is 8.75. The number of hydrogen-bond acceptors (Lipinski definition) is 6. The van der Waals surface area contributed by atoms with Crippen LogP contribution in [-0.4, -0.2) is 37.6 Å². The first-order valence-electron chi connectivity index (χ1n) is 8.04. The van der Waals surface area contributed by atoms with Crippen LogP contribution in [0, 0.1) is 11.7 Å². The molecule has 0 saturated carbocycles. The molecule has 0 aliphatic heterocycles. The van der Waals surface area contributed by atoms with Crippen molar-refractivity contribution in [2.75, 3.05) is 13.7 Å². The van der Waals surface area contributed by atoms with Crippen molar-refractivity contribution in [3.63, 3.8) is 0 Å². The van der Waals surface area contributed by atoms with Gasteiger partial charge >= 0.3 is 11.9 Å². The van der Waals surface area contributed by atoms with Crippen molar-refractivity contribution in [1.82, 2.24) is 5.32 Å². The summed E-state index contributed by atoms with van der Waals surface area (Å²) in [6.45, 7) is 3.27. The number of fused-ring (bicyclic) bond motifs is 1. The highest BCUT2D eigenvalue weighted by Gasteiger charge is 2.23. The van der Waals surface area contributed by atoms with Crippen LogP contribution < -0.4 is 5.32 Å². The van der Waals surface area contributed by atoms with Crippen LogP contribution in [-0.2, 0) is 19.1 Å². The molecular formula is C18H20FNO5S. The van der Waals surface area contributed by atoms with Crippen LogP contribution in [0.1, 0.15) is 29.9 Å². The Morgan fingerprint density at radius 1 is 1.27 bits per heavy atom. The first-order valence-corrected chi connectivity index (χ1v) is 8.85. The van der Waals surface area contributed by atoms with Gasteiger partial charge in [0.1, 0.15) is 16.7 Å². The summed E-state index contributed by atoms with van der Waals surface area (Å²) in [7, 11) is 1.24. The zero-order chi connectivity index (χ0) is 19.3. The van der Waals surface area contributed by atoms with E-state index in [4.69, 9.17) is 4.74 Å². The number of halogens is 1. The van der Waals surface area contributed by atoms with Crippen LogP contribution in [0.3, 0.4) is 0 Å². The van der Waals surface area contributed by atoms with Gasteiger partial charge in [0.05, 0.1) is 7.11 Å². The highest BCUT2D eigenvalue weighted by molar-refractivity contribution is 7.20. The first-order chi connectivity index (χ1) is 12.3. The smallest absolute Gasteiger partial charge is 0.348 e. The van der Waals surface area contributed by atoms with Gasteiger partial charge in [-0.1, -0.05) is 19.9 Å². The maximum atomic E-state index is 13.7. The summed E-state index contributed by atoms with van der Waals surface area (Å²) in [4.78, 5) is 35.9. The predicted octanol–water partition coefficient (Wildman–Crippen LogP) is 2.90. The molecule has 0 aliphatic rings. The molecule has 1 heterocycles. The maximum Gasteiger partial charge on any atom is 0.348 e. The lowest BCUT2D eigenvalue weighted by molar-refractivity contribution is -0.145. The lowest BCUT2D eigenvalue weighted by Crippen LogP contribution is -2.44. The van der Waals surface area contributed by atoms with Gasteiger partial charge in [-0.05, 0) is 30.5 Å². The minimum Gasteiger partial charge on any atom is -0.467 e. The SMILES string of the molecule is COC(=O)C(CC(C)C)NC(=O)COC(=O)c1cc2c(F)cccc2s1. The van der Waals surface area contributed by atoms with Crippen molar-refractivity contribution in [2.45, 2.75) is 26.3 Å².